The normalized spacial score (nSPS) is 17.3. The van der Waals surface area contributed by atoms with Crippen LogP contribution in [0, 0.1) is 16.7 Å². The Labute approximate surface area is 105 Å². The summed E-state index contributed by atoms with van der Waals surface area (Å²) in [5, 5.41) is 14.2. The molecule has 0 saturated heterocycles. The minimum absolute atomic E-state index is 0.0219. The molecule has 2 rings (SSSR count). The number of thiazole rings is 1. The monoisotopic (exact) mass is 249 g/mol. The molecule has 0 spiro atoms. The predicted molar refractivity (Wildman–Crippen MR) is 66.7 cm³/mol. The maximum Gasteiger partial charge on any atom is 0.246 e. The Balaban J connectivity index is 2.08. The number of rotatable bonds is 2. The lowest BCUT2D eigenvalue weighted by atomic mass is 9.93. The van der Waals surface area contributed by atoms with Gasteiger partial charge in [0, 0.05) is 10.8 Å². The van der Waals surface area contributed by atoms with Crippen LogP contribution in [0.25, 0.3) is 0 Å². The highest BCUT2D eigenvalue weighted by Crippen LogP contribution is 2.45. The lowest BCUT2D eigenvalue weighted by Gasteiger charge is -2.14. The molecule has 5 heteroatoms. The van der Waals surface area contributed by atoms with Gasteiger partial charge in [-0.2, -0.15) is 5.26 Å². The second kappa shape index (κ2) is 3.81. The van der Waals surface area contributed by atoms with Gasteiger partial charge in [0.15, 0.2) is 5.13 Å². The Kier molecular flexibility index (Phi) is 2.70. The van der Waals surface area contributed by atoms with E-state index < -0.39 is 5.41 Å². The molecule has 1 heterocycles. The van der Waals surface area contributed by atoms with Crippen LogP contribution in [0.3, 0.4) is 0 Å². The van der Waals surface area contributed by atoms with Gasteiger partial charge in [-0.05, 0) is 12.8 Å². The molecule has 0 unspecified atom stereocenters. The Morgan fingerprint density at radius 3 is 2.65 bits per heavy atom. The maximum atomic E-state index is 11.8. The number of aromatic nitrogens is 1. The highest BCUT2D eigenvalue weighted by molar-refractivity contribution is 7.14. The lowest BCUT2D eigenvalue weighted by Crippen LogP contribution is -2.22. The highest BCUT2D eigenvalue weighted by Gasteiger charge is 2.50. The Hall–Kier alpha value is -1.41. The van der Waals surface area contributed by atoms with Gasteiger partial charge in [0.1, 0.15) is 5.41 Å². The van der Waals surface area contributed by atoms with E-state index in [2.05, 4.69) is 37.1 Å². The van der Waals surface area contributed by atoms with Crippen LogP contribution in [0.4, 0.5) is 5.13 Å². The summed E-state index contributed by atoms with van der Waals surface area (Å²) in [6, 6.07) is 2.07. The minimum atomic E-state index is -0.784. The van der Waals surface area contributed by atoms with E-state index in [1.807, 2.05) is 5.38 Å². The number of nitrogens with one attached hydrogen (secondary N) is 1. The number of hydrogen-bond donors (Lipinski definition) is 1. The number of nitrogens with zero attached hydrogens (tertiary/aromatic N) is 2. The standard InChI is InChI=1S/C12H15N3OS/c1-11(2,3)8-6-17-10(14-8)15-9(16)12(7-13)4-5-12/h6H,4-5H2,1-3H3,(H,14,15,16). The van der Waals surface area contributed by atoms with Crippen molar-refractivity contribution in [3.05, 3.63) is 11.1 Å². The van der Waals surface area contributed by atoms with Gasteiger partial charge in [-0.15, -0.1) is 11.3 Å². The molecular weight excluding hydrogens is 234 g/mol. The van der Waals surface area contributed by atoms with Crippen LogP contribution in [0.2, 0.25) is 0 Å². The van der Waals surface area contributed by atoms with E-state index in [4.69, 9.17) is 5.26 Å². The molecule has 1 N–H and O–H groups in total. The third-order valence-corrected chi connectivity index (χ3v) is 3.65. The molecule has 1 aromatic rings. The van der Waals surface area contributed by atoms with Crippen LogP contribution in [0.5, 0.6) is 0 Å². The van der Waals surface area contributed by atoms with Crippen LogP contribution < -0.4 is 5.32 Å². The van der Waals surface area contributed by atoms with E-state index in [1.54, 1.807) is 0 Å². The molecule has 1 fully saturated rings. The van der Waals surface area contributed by atoms with Gasteiger partial charge in [0.2, 0.25) is 5.91 Å². The van der Waals surface area contributed by atoms with Crippen molar-refractivity contribution < 1.29 is 4.79 Å². The van der Waals surface area contributed by atoms with Crippen molar-refractivity contribution in [3.63, 3.8) is 0 Å². The van der Waals surface area contributed by atoms with Gasteiger partial charge in [-0.1, -0.05) is 20.8 Å². The van der Waals surface area contributed by atoms with E-state index in [1.165, 1.54) is 11.3 Å². The highest BCUT2D eigenvalue weighted by atomic mass is 32.1. The summed E-state index contributed by atoms with van der Waals surface area (Å²) in [5.74, 6) is -0.213. The molecule has 0 aromatic carbocycles. The molecule has 1 aromatic heterocycles. The smallest absolute Gasteiger partial charge is 0.246 e. The van der Waals surface area contributed by atoms with Crippen LogP contribution in [0.15, 0.2) is 5.38 Å². The minimum Gasteiger partial charge on any atom is -0.301 e. The third-order valence-electron chi connectivity index (χ3n) is 2.89. The number of anilines is 1. The molecule has 0 bridgehead atoms. The maximum absolute atomic E-state index is 11.8. The van der Waals surface area contributed by atoms with Crippen molar-refractivity contribution in [2.45, 2.75) is 39.0 Å². The molecule has 1 amide bonds. The second-order valence-electron chi connectivity index (χ2n) is 5.44. The van der Waals surface area contributed by atoms with Crippen molar-refractivity contribution in [1.82, 2.24) is 4.98 Å². The fourth-order valence-electron chi connectivity index (χ4n) is 1.41. The summed E-state index contributed by atoms with van der Waals surface area (Å²) in [6.07, 6.45) is 1.32. The quantitative estimate of drug-likeness (QED) is 0.876. The molecule has 0 aliphatic heterocycles. The van der Waals surface area contributed by atoms with E-state index in [9.17, 15) is 4.79 Å². The predicted octanol–water partition coefficient (Wildman–Crippen LogP) is 2.68. The zero-order valence-corrected chi connectivity index (χ0v) is 11.0. The first-order valence-corrected chi connectivity index (χ1v) is 6.44. The largest absolute Gasteiger partial charge is 0.301 e. The molecule has 4 nitrogen and oxygen atoms in total. The molecule has 1 aliphatic rings. The fourth-order valence-corrected chi connectivity index (χ4v) is 2.34. The van der Waals surface area contributed by atoms with E-state index in [0.717, 1.165) is 5.69 Å². The van der Waals surface area contributed by atoms with E-state index >= 15 is 0 Å². The molecule has 0 atom stereocenters. The van der Waals surface area contributed by atoms with Crippen molar-refractivity contribution in [1.29, 1.82) is 5.26 Å². The number of carbonyl (C=O) groups is 1. The Morgan fingerprint density at radius 2 is 2.24 bits per heavy atom. The number of nitriles is 1. The van der Waals surface area contributed by atoms with Crippen LogP contribution >= 0.6 is 11.3 Å². The van der Waals surface area contributed by atoms with Crippen molar-refractivity contribution in [2.24, 2.45) is 5.41 Å². The third kappa shape index (κ3) is 2.32. The Morgan fingerprint density at radius 1 is 1.59 bits per heavy atom. The van der Waals surface area contributed by atoms with E-state index in [-0.39, 0.29) is 11.3 Å². The van der Waals surface area contributed by atoms with E-state index in [0.29, 0.717) is 18.0 Å². The van der Waals surface area contributed by atoms with Crippen molar-refractivity contribution >= 4 is 22.4 Å². The van der Waals surface area contributed by atoms with Gasteiger partial charge >= 0.3 is 0 Å². The summed E-state index contributed by atoms with van der Waals surface area (Å²) in [5.41, 5.74) is 0.152. The Bertz CT molecular complexity index is 489. The molecule has 0 radical (unpaired) electrons. The topological polar surface area (TPSA) is 65.8 Å². The molecular formula is C12H15N3OS. The summed E-state index contributed by atoms with van der Waals surface area (Å²) >= 11 is 1.41. The van der Waals surface area contributed by atoms with Crippen molar-refractivity contribution in [3.8, 4) is 6.07 Å². The molecule has 17 heavy (non-hydrogen) atoms. The zero-order valence-electron chi connectivity index (χ0n) is 10.2. The number of amides is 1. The van der Waals surface area contributed by atoms with Crippen LogP contribution in [-0.4, -0.2) is 10.9 Å². The van der Waals surface area contributed by atoms with Gasteiger partial charge in [0.25, 0.3) is 0 Å². The van der Waals surface area contributed by atoms with Gasteiger partial charge < -0.3 is 5.32 Å². The van der Waals surface area contributed by atoms with Crippen LogP contribution in [-0.2, 0) is 10.2 Å². The number of carbonyl (C=O) groups excluding carboxylic acids is 1. The fraction of sp³-hybridized carbons (Fsp3) is 0.583. The summed E-state index contributed by atoms with van der Waals surface area (Å²) in [7, 11) is 0. The number of hydrogen-bond acceptors (Lipinski definition) is 4. The van der Waals surface area contributed by atoms with Gasteiger partial charge in [-0.3, -0.25) is 4.79 Å². The molecule has 1 saturated carbocycles. The first-order valence-electron chi connectivity index (χ1n) is 5.56. The van der Waals surface area contributed by atoms with Crippen molar-refractivity contribution in [2.75, 3.05) is 5.32 Å². The summed E-state index contributed by atoms with van der Waals surface area (Å²) in [4.78, 5) is 16.2. The van der Waals surface area contributed by atoms with Crippen LogP contribution in [0.1, 0.15) is 39.3 Å². The van der Waals surface area contributed by atoms with Gasteiger partial charge in [0.05, 0.1) is 11.8 Å². The van der Waals surface area contributed by atoms with Gasteiger partial charge in [-0.25, -0.2) is 4.98 Å². The second-order valence-corrected chi connectivity index (χ2v) is 6.29. The SMILES string of the molecule is CC(C)(C)c1csc(NC(=O)C2(C#N)CC2)n1. The zero-order chi connectivity index (χ0) is 12.7. The first-order chi connectivity index (χ1) is 7.87. The molecule has 90 valence electrons. The summed E-state index contributed by atoms with van der Waals surface area (Å²) < 4.78 is 0. The first kappa shape index (κ1) is 12.1. The summed E-state index contributed by atoms with van der Waals surface area (Å²) in [6.45, 7) is 6.22. The average Bonchev–Trinajstić information content (AvgIpc) is 2.91. The average molecular weight is 249 g/mol. The lowest BCUT2D eigenvalue weighted by molar-refractivity contribution is -0.119. The molecule has 1 aliphatic carbocycles.